The molecule has 1 aliphatic heterocycles. The smallest absolute Gasteiger partial charge is 0.329 e. The van der Waals surface area contributed by atoms with Crippen LogP contribution < -0.4 is 0 Å². The maximum absolute atomic E-state index is 12.9. The Morgan fingerprint density at radius 1 is 1.29 bits per heavy atom. The van der Waals surface area contributed by atoms with Crippen molar-refractivity contribution in [3.05, 3.63) is 0 Å². The molecule has 1 N–H and O–H groups in total. The van der Waals surface area contributed by atoms with E-state index in [0.717, 1.165) is 25.7 Å². The Morgan fingerprint density at radius 3 is 2.52 bits per heavy atom. The second-order valence-corrected chi connectivity index (χ2v) is 6.67. The van der Waals surface area contributed by atoms with E-state index in [-0.39, 0.29) is 12.1 Å². The van der Waals surface area contributed by atoms with Crippen LogP contribution in [0, 0.1) is 5.92 Å². The molecule has 1 aliphatic carbocycles. The van der Waals surface area contributed by atoms with Crippen LogP contribution in [-0.4, -0.2) is 52.1 Å². The van der Waals surface area contributed by atoms with Crippen LogP contribution >= 0.6 is 0 Å². The van der Waals surface area contributed by atoms with Crippen LogP contribution in [0.5, 0.6) is 0 Å². The standard InChI is InChI=1S/C16H28N2O3/c1-4-16(14(19)20)10-7-11-18(16)15(21)17(3)13-9-6-5-8-12(13)2/h12-13H,4-11H2,1-3H3,(H,19,20). The monoisotopic (exact) mass is 296 g/mol. The molecule has 3 unspecified atom stereocenters. The van der Waals surface area contributed by atoms with E-state index in [2.05, 4.69) is 6.92 Å². The Hall–Kier alpha value is -1.26. The van der Waals surface area contributed by atoms with E-state index >= 15 is 0 Å². The molecule has 120 valence electrons. The van der Waals surface area contributed by atoms with Crippen molar-refractivity contribution in [2.75, 3.05) is 13.6 Å². The lowest BCUT2D eigenvalue weighted by Crippen LogP contribution is -2.58. The molecule has 21 heavy (non-hydrogen) atoms. The Labute approximate surface area is 127 Å². The minimum absolute atomic E-state index is 0.101. The fourth-order valence-electron chi connectivity index (χ4n) is 4.10. The second kappa shape index (κ2) is 6.24. The van der Waals surface area contributed by atoms with Gasteiger partial charge in [0.25, 0.3) is 0 Å². The number of carbonyl (C=O) groups excluding carboxylic acids is 1. The van der Waals surface area contributed by atoms with Gasteiger partial charge < -0.3 is 14.9 Å². The van der Waals surface area contributed by atoms with E-state index < -0.39 is 11.5 Å². The van der Waals surface area contributed by atoms with Gasteiger partial charge in [-0.1, -0.05) is 26.7 Å². The summed E-state index contributed by atoms with van der Waals surface area (Å²) in [6.07, 6.45) is 6.40. The lowest BCUT2D eigenvalue weighted by atomic mass is 9.85. The largest absolute Gasteiger partial charge is 0.479 e. The first-order valence-electron chi connectivity index (χ1n) is 8.22. The predicted octanol–water partition coefficient (Wildman–Crippen LogP) is 2.95. The van der Waals surface area contributed by atoms with Crippen LogP contribution in [0.4, 0.5) is 4.79 Å². The summed E-state index contributed by atoms with van der Waals surface area (Å²) in [5.74, 6) is -0.364. The van der Waals surface area contributed by atoms with E-state index in [9.17, 15) is 14.7 Å². The van der Waals surface area contributed by atoms with Gasteiger partial charge in [-0.3, -0.25) is 0 Å². The van der Waals surface area contributed by atoms with Crippen molar-refractivity contribution >= 4 is 12.0 Å². The molecule has 2 fully saturated rings. The van der Waals surface area contributed by atoms with Crippen molar-refractivity contribution in [3.8, 4) is 0 Å². The van der Waals surface area contributed by atoms with E-state index in [4.69, 9.17) is 0 Å². The minimum atomic E-state index is -0.997. The molecular weight excluding hydrogens is 268 g/mol. The lowest BCUT2D eigenvalue weighted by Gasteiger charge is -2.42. The van der Waals surface area contributed by atoms with E-state index in [1.54, 1.807) is 4.90 Å². The number of rotatable bonds is 3. The molecule has 2 aliphatic rings. The van der Waals surface area contributed by atoms with E-state index in [1.165, 1.54) is 6.42 Å². The number of aliphatic carboxylic acids is 1. The highest BCUT2D eigenvalue weighted by atomic mass is 16.4. The molecule has 5 nitrogen and oxygen atoms in total. The van der Waals surface area contributed by atoms with Crippen molar-refractivity contribution < 1.29 is 14.7 Å². The SMILES string of the molecule is CCC1(C(=O)O)CCCN1C(=O)N(C)C1CCCCC1C. The third-order valence-electron chi connectivity index (χ3n) is 5.57. The van der Waals surface area contributed by atoms with Crippen molar-refractivity contribution in [2.24, 2.45) is 5.92 Å². The van der Waals surface area contributed by atoms with Gasteiger partial charge in [0.2, 0.25) is 0 Å². The zero-order valence-electron chi connectivity index (χ0n) is 13.5. The number of urea groups is 1. The highest BCUT2D eigenvalue weighted by molar-refractivity contribution is 5.87. The number of carbonyl (C=O) groups is 2. The number of amides is 2. The molecule has 1 saturated carbocycles. The molecule has 1 saturated heterocycles. The fraction of sp³-hybridized carbons (Fsp3) is 0.875. The Balaban J connectivity index is 2.16. The lowest BCUT2D eigenvalue weighted by molar-refractivity contribution is -0.148. The summed E-state index contributed by atoms with van der Waals surface area (Å²) < 4.78 is 0. The zero-order valence-corrected chi connectivity index (χ0v) is 13.5. The number of carboxylic acids is 1. The van der Waals surface area contributed by atoms with E-state index in [0.29, 0.717) is 25.3 Å². The van der Waals surface area contributed by atoms with Crippen LogP contribution in [0.3, 0.4) is 0 Å². The van der Waals surface area contributed by atoms with Gasteiger partial charge in [-0.15, -0.1) is 0 Å². The zero-order chi connectivity index (χ0) is 15.6. The van der Waals surface area contributed by atoms with Crippen molar-refractivity contribution in [3.63, 3.8) is 0 Å². The molecule has 0 aromatic rings. The highest BCUT2D eigenvalue weighted by Crippen LogP contribution is 2.35. The maximum Gasteiger partial charge on any atom is 0.329 e. The van der Waals surface area contributed by atoms with Crippen LogP contribution in [0.1, 0.15) is 58.8 Å². The van der Waals surface area contributed by atoms with Crippen LogP contribution in [-0.2, 0) is 4.79 Å². The van der Waals surface area contributed by atoms with Gasteiger partial charge in [0.1, 0.15) is 5.54 Å². The van der Waals surface area contributed by atoms with Crippen molar-refractivity contribution in [2.45, 2.75) is 70.4 Å². The fourth-order valence-corrected chi connectivity index (χ4v) is 4.10. The van der Waals surface area contributed by atoms with Gasteiger partial charge in [0, 0.05) is 19.6 Å². The van der Waals surface area contributed by atoms with Gasteiger partial charge in [-0.05, 0) is 38.0 Å². The molecule has 0 aromatic heterocycles. The summed E-state index contributed by atoms with van der Waals surface area (Å²) in [6, 6.07) is 0.144. The van der Waals surface area contributed by atoms with Crippen LogP contribution in [0.2, 0.25) is 0 Å². The van der Waals surface area contributed by atoms with Gasteiger partial charge in [-0.25, -0.2) is 9.59 Å². The van der Waals surface area contributed by atoms with Crippen LogP contribution in [0.25, 0.3) is 0 Å². The first-order chi connectivity index (χ1) is 9.94. The molecule has 3 atom stereocenters. The topological polar surface area (TPSA) is 60.9 Å². The molecule has 0 aromatic carbocycles. The van der Waals surface area contributed by atoms with E-state index in [1.807, 2.05) is 18.9 Å². The molecule has 2 amide bonds. The Morgan fingerprint density at radius 2 is 1.95 bits per heavy atom. The third-order valence-corrected chi connectivity index (χ3v) is 5.57. The van der Waals surface area contributed by atoms with Gasteiger partial charge >= 0.3 is 12.0 Å². The maximum atomic E-state index is 12.9. The Bertz CT molecular complexity index is 412. The number of nitrogens with zero attached hydrogens (tertiary/aromatic N) is 2. The van der Waals surface area contributed by atoms with Gasteiger partial charge in [0.05, 0.1) is 0 Å². The molecule has 0 radical (unpaired) electrons. The number of carboxylic acid groups (broad SMARTS) is 1. The predicted molar refractivity (Wildman–Crippen MR) is 81.2 cm³/mol. The summed E-state index contributed by atoms with van der Waals surface area (Å²) in [5.41, 5.74) is -0.997. The summed E-state index contributed by atoms with van der Waals surface area (Å²) in [4.78, 5) is 28.0. The first-order valence-corrected chi connectivity index (χ1v) is 8.22. The average Bonchev–Trinajstić information content (AvgIpc) is 2.91. The second-order valence-electron chi connectivity index (χ2n) is 6.67. The molecule has 2 rings (SSSR count). The molecule has 5 heteroatoms. The average molecular weight is 296 g/mol. The van der Waals surface area contributed by atoms with Gasteiger partial charge in [-0.2, -0.15) is 0 Å². The first kappa shape index (κ1) is 16.1. The molecule has 0 spiro atoms. The number of hydrogen-bond donors (Lipinski definition) is 1. The summed E-state index contributed by atoms with van der Waals surface area (Å²) in [6.45, 7) is 4.62. The highest BCUT2D eigenvalue weighted by Gasteiger charge is 2.50. The molecule has 0 bridgehead atoms. The normalized spacial score (nSPS) is 33.0. The quantitative estimate of drug-likeness (QED) is 0.871. The molecule has 1 heterocycles. The van der Waals surface area contributed by atoms with Crippen molar-refractivity contribution in [1.29, 1.82) is 0 Å². The summed E-state index contributed by atoms with van der Waals surface area (Å²) >= 11 is 0. The number of likely N-dealkylation sites (tertiary alicyclic amines) is 1. The minimum Gasteiger partial charge on any atom is -0.479 e. The Kier molecular flexibility index (Phi) is 4.79. The summed E-state index contributed by atoms with van der Waals surface area (Å²) in [5, 5.41) is 9.61. The number of hydrogen-bond acceptors (Lipinski definition) is 2. The third kappa shape index (κ3) is 2.74. The van der Waals surface area contributed by atoms with Crippen LogP contribution in [0.15, 0.2) is 0 Å². The van der Waals surface area contributed by atoms with Gasteiger partial charge in [0.15, 0.2) is 0 Å². The van der Waals surface area contributed by atoms with Crippen molar-refractivity contribution in [1.82, 2.24) is 9.80 Å². The molecular formula is C16H28N2O3. The summed E-state index contributed by atoms with van der Waals surface area (Å²) in [7, 11) is 1.84.